The van der Waals surface area contributed by atoms with Crippen LogP contribution < -0.4 is 0 Å². The zero-order valence-electron chi connectivity index (χ0n) is 25.9. The molecule has 233 valence electrons. The first kappa shape index (κ1) is 30.1. The molecule has 2 aliphatic rings. The maximum absolute atomic E-state index is 5.31. The van der Waals surface area contributed by atoms with Gasteiger partial charge in [0.1, 0.15) is 0 Å². The fraction of sp³-hybridized carbons (Fsp3) is 0. The van der Waals surface area contributed by atoms with Gasteiger partial charge in [0.05, 0.1) is 62.1 Å². The van der Waals surface area contributed by atoms with Crippen LogP contribution in [0.5, 0.6) is 0 Å². The summed E-state index contributed by atoms with van der Waals surface area (Å²) in [6.45, 7) is 0. The van der Waals surface area contributed by atoms with Crippen molar-refractivity contribution in [3.8, 4) is 33.8 Å². The molecule has 0 spiro atoms. The van der Waals surface area contributed by atoms with E-state index in [1.165, 1.54) is 0 Å². The fourth-order valence-electron chi connectivity index (χ4n) is 6.28. The van der Waals surface area contributed by atoms with Crippen molar-refractivity contribution >= 4 is 45.9 Å². The molecule has 0 aliphatic carbocycles. The van der Waals surface area contributed by atoms with Crippen LogP contribution in [0.1, 0.15) is 28.5 Å². The Morgan fingerprint density at radius 3 is 1.57 bits per heavy atom. The van der Waals surface area contributed by atoms with Gasteiger partial charge in [-0.1, -0.05) is 24.3 Å². The first-order valence-electron chi connectivity index (χ1n) is 15.6. The van der Waals surface area contributed by atoms with E-state index in [-0.39, 0.29) is 17.1 Å². The van der Waals surface area contributed by atoms with E-state index < -0.39 is 0 Å². The average molecular weight is 674 g/mol. The van der Waals surface area contributed by atoms with Gasteiger partial charge in [-0.15, -0.1) is 0 Å². The number of nitrogens with one attached hydrogen (secondary N) is 2. The molecule has 0 saturated carbocycles. The Balaban J connectivity index is 0.00000348. The van der Waals surface area contributed by atoms with Crippen molar-refractivity contribution in [1.29, 1.82) is 0 Å². The molecule has 0 atom stereocenters. The van der Waals surface area contributed by atoms with Crippen LogP contribution in [0.15, 0.2) is 128 Å². The van der Waals surface area contributed by atoms with Crippen LogP contribution in [0.2, 0.25) is 0 Å². The van der Waals surface area contributed by atoms with Crippen LogP contribution in [-0.2, 0) is 17.1 Å². The number of aromatic amines is 2. The number of aromatic nitrogens is 8. The third-order valence-corrected chi connectivity index (χ3v) is 8.32. The molecule has 2 aliphatic heterocycles. The van der Waals surface area contributed by atoms with Crippen molar-refractivity contribution in [2.45, 2.75) is 0 Å². The minimum Gasteiger partial charge on any atom is -0.355 e. The van der Waals surface area contributed by atoms with Gasteiger partial charge >= 0.3 is 0 Å². The molecule has 0 amide bonds. The minimum absolute atomic E-state index is 0. The molecule has 0 saturated heterocycles. The maximum Gasteiger partial charge on any atom is 0.0847 e. The topological polar surface area (TPSA) is 109 Å². The summed E-state index contributed by atoms with van der Waals surface area (Å²) in [5.74, 6) is 0. The zero-order chi connectivity index (χ0) is 31.9. The SMILES string of the molecule is C1=Cc2cc3[nH]c(c(-c4ccccn4)c4nc(cc5ccc(cc1n2)[nH]5)C=C4c1ccccn1)c(-c1ccccn1)c3-c1ccccn1.[Mn]. The summed E-state index contributed by atoms with van der Waals surface area (Å²) in [5.41, 5.74) is 13.4. The van der Waals surface area contributed by atoms with Crippen LogP contribution in [0.25, 0.3) is 79.6 Å². The number of hydrogen-bond donors (Lipinski definition) is 2. The fourth-order valence-corrected chi connectivity index (χ4v) is 6.28. The standard InChI is InChI=1S/C40H26N8.Mn/c1-5-17-41-31(9-1)30-23-29-22-27-14-13-25(45-27)21-26-15-16-28(46-26)24-35-36(32-10-2-6-18-42-32)37(33-11-3-7-19-43-33)40(48-35)38(39(30)47-29)34-12-4-8-20-44-34;/h1-24,45,48H;. The zero-order valence-corrected chi connectivity index (χ0v) is 27.1. The van der Waals surface area contributed by atoms with Gasteiger partial charge < -0.3 is 9.97 Å². The molecule has 1 radical (unpaired) electrons. The van der Waals surface area contributed by atoms with Gasteiger partial charge in [0.15, 0.2) is 0 Å². The van der Waals surface area contributed by atoms with Gasteiger partial charge in [-0.3, -0.25) is 19.9 Å². The molecule has 49 heavy (non-hydrogen) atoms. The van der Waals surface area contributed by atoms with Crippen LogP contribution >= 0.6 is 0 Å². The predicted molar refractivity (Wildman–Crippen MR) is 191 cm³/mol. The van der Waals surface area contributed by atoms with Crippen molar-refractivity contribution in [3.05, 3.63) is 156 Å². The normalized spacial score (nSPS) is 12.0. The molecular formula is C40H26MnN8. The van der Waals surface area contributed by atoms with E-state index in [2.05, 4.69) is 22.1 Å². The van der Waals surface area contributed by atoms with Crippen molar-refractivity contribution in [1.82, 2.24) is 39.9 Å². The number of H-pyrrole nitrogens is 2. The Morgan fingerprint density at radius 1 is 0.449 bits per heavy atom. The van der Waals surface area contributed by atoms with Gasteiger partial charge in [0.2, 0.25) is 0 Å². The Bertz CT molecular complexity index is 2540. The third-order valence-electron chi connectivity index (χ3n) is 8.32. The Kier molecular flexibility index (Phi) is 7.81. The van der Waals surface area contributed by atoms with E-state index >= 15 is 0 Å². The molecule has 8 bridgehead atoms. The van der Waals surface area contributed by atoms with Gasteiger partial charge in [0.25, 0.3) is 0 Å². The Hall–Kier alpha value is -6.28. The molecule has 0 aromatic carbocycles. The second kappa shape index (κ2) is 12.7. The summed E-state index contributed by atoms with van der Waals surface area (Å²) in [6.07, 6.45) is 13.4. The van der Waals surface area contributed by atoms with E-state index in [1.807, 2.05) is 122 Å². The predicted octanol–water partition coefficient (Wildman–Crippen LogP) is 8.65. The van der Waals surface area contributed by atoms with Gasteiger partial charge in [-0.2, -0.15) is 0 Å². The van der Waals surface area contributed by atoms with Gasteiger partial charge in [-0.05, 0) is 97.1 Å². The summed E-state index contributed by atoms with van der Waals surface area (Å²) in [5, 5.41) is 0. The van der Waals surface area contributed by atoms with Crippen LogP contribution in [0, 0.1) is 0 Å². The van der Waals surface area contributed by atoms with Crippen molar-refractivity contribution in [3.63, 3.8) is 0 Å². The Labute approximate surface area is 292 Å². The van der Waals surface area contributed by atoms with Gasteiger partial charge in [0, 0.05) is 69.6 Å². The second-order valence-corrected chi connectivity index (χ2v) is 11.4. The molecular weight excluding hydrogens is 647 g/mol. The molecule has 9 rings (SSSR count). The van der Waals surface area contributed by atoms with Crippen molar-refractivity contribution in [2.24, 2.45) is 0 Å². The molecule has 7 aromatic heterocycles. The summed E-state index contributed by atoms with van der Waals surface area (Å²) >= 11 is 0. The largest absolute Gasteiger partial charge is 0.355 e. The quantitative estimate of drug-likeness (QED) is 0.181. The molecule has 2 N–H and O–H groups in total. The summed E-state index contributed by atoms with van der Waals surface area (Å²) in [6, 6.07) is 34.0. The van der Waals surface area contributed by atoms with Crippen molar-refractivity contribution in [2.75, 3.05) is 0 Å². The van der Waals surface area contributed by atoms with E-state index in [0.29, 0.717) is 0 Å². The van der Waals surface area contributed by atoms with Crippen LogP contribution in [0.3, 0.4) is 0 Å². The van der Waals surface area contributed by atoms with Crippen LogP contribution in [-0.4, -0.2) is 39.9 Å². The van der Waals surface area contributed by atoms with E-state index in [0.717, 1.165) is 89.9 Å². The first-order chi connectivity index (χ1) is 23.8. The summed E-state index contributed by atoms with van der Waals surface area (Å²) in [4.78, 5) is 36.9. The molecule has 7 aromatic rings. The number of fused-ring (bicyclic) bond motifs is 8. The maximum atomic E-state index is 5.31. The Morgan fingerprint density at radius 2 is 0.980 bits per heavy atom. The molecule has 8 nitrogen and oxygen atoms in total. The minimum atomic E-state index is 0. The average Bonchev–Trinajstić information content (AvgIpc) is 3.94. The smallest absolute Gasteiger partial charge is 0.0847 e. The number of rotatable bonds is 4. The number of hydrogen-bond acceptors (Lipinski definition) is 6. The summed E-state index contributed by atoms with van der Waals surface area (Å²) in [7, 11) is 0. The summed E-state index contributed by atoms with van der Waals surface area (Å²) < 4.78 is 0. The monoisotopic (exact) mass is 673 g/mol. The van der Waals surface area contributed by atoms with Crippen molar-refractivity contribution < 1.29 is 17.1 Å². The van der Waals surface area contributed by atoms with E-state index in [9.17, 15) is 0 Å². The molecule has 0 unspecified atom stereocenters. The molecule has 0 fully saturated rings. The molecule has 9 heteroatoms. The van der Waals surface area contributed by atoms with Crippen LogP contribution in [0.4, 0.5) is 0 Å². The molecule has 9 heterocycles. The first-order valence-corrected chi connectivity index (χ1v) is 15.6. The third kappa shape index (κ3) is 5.67. The van der Waals surface area contributed by atoms with E-state index in [1.54, 1.807) is 12.4 Å². The number of nitrogens with zero attached hydrogens (tertiary/aromatic N) is 6. The second-order valence-electron chi connectivity index (χ2n) is 11.4. The number of pyridine rings is 4. The van der Waals surface area contributed by atoms with E-state index in [4.69, 9.17) is 29.9 Å². The van der Waals surface area contributed by atoms with Gasteiger partial charge in [-0.25, -0.2) is 9.97 Å².